The van der Waals surface area contributed by atoms with Gasteiger partial charge in [-0.05, 0) is 42.5 Å². The number of nitrogens with zero attached hydrogens (tertiary/aromatic N) is 1. The highest BCUT2D eigenvalue weighted by molar-refractivity contribution is 6.30. The predicted octanol–water partition coefficient (Wildman–Crippen LogP) is 3.26. The van der Waals surface area contributed by atoms with Crippen LogP contribution in [0, 0.1) is 5.92 Å². The number of likely N-dealkylation sites (tertiary alicyclic amines) is 1. The van der Waals surface area contributed by atoms with Gasteiger partial charge in [0, 0.05) is 24.2 Å². The molecule has 1 aromatic carbocycles. The van der Waals surface area contributed by atoms with Crippen molar-refractivity contribution in [1.82, 2.24) is 4.90 Å². The van der Waals surface area contributed by atoms with Crippen LogP contribution in [0.25, 0.3) is 0 Å². The van der Waals surface area contributed by atoms with Crippen molar-refractivity contribution in [1.29, 1.82) is 0 Å². The Morgan fingerprint density at radius 1 is 1.53 bits per heavy atom. The molecule has 0 saturated carbocycles. The lowest BCUT2D eigenvalue weighted by molar-refractivity contribution is -0.125. The van der Waals surface area contributed by atoms with Crippen LogP contribution in [0.1, 0.15) is 12.0 Å². The van der Waals surface area contributed by atoms with Gasteiger partial charge in [0.2, 0.25) is 5.91 Å². The number of allylic oxidation sites excluding steroid dienone is 1. The predicted molar refractivity (Wildman–Crippen MR) is 75.0 cm³/mol. The Bertz CT molecular complexity index is 475. The monoisotopic (exact) mass is 281 g/mol. The van der Waals surface area contributed by atoms with Crippen LogP contribution < -0.4 is 0 Å². The second kappa shape index (κ2) is 6.71. The van der Waals surface area contributed by atoms with Crippen molar-refractivity contribution in [3.63, 3.8) is 0 Å². The smallest absolute Gasteiger partial charge is 0.246 e. The summed E-state index contributed by atoms with van der Waals surface area (Å²) in [5.74, 6) is 0.368. The van der Waals surface area contributed by atoms with E-state index in [-0.39, 0.29) is 5.91 Å². The maximum atomic E-state index is 12.0. The van der Waals surface area contributed by atoms with E-state index in [1.807, 2.05) is 18.2 Å². The van der Waals surface area contributed by atoms with Crippen LogP contribution in [0.3, 0.4) is 0 Å². The molecule has 0 aliphatic carbocycles. The first-order valence-corrected chi connectivity index (χ1v) is 6.82. The van der Waals surface area contributed by atoms with Gasteiger partial charge in [-0.2, -0.15) is 0 Å². The maximum absolute atomic E-state index is 12.0. The van der Waals surface area contributed by atoms with Crippen LogP contribution in [0.2, 0.25) is 5.02 Å². The van der Waals surface area contributed by atoms with E-state index in [2.05, 4.69) is 6.07 Å². The third kappa shape index (κ3) is 4.06. The Balaban J connectivity index is 1.88. The van der Waals surface area contributed by atoms with Crippen LogP contribution in [-0.2, 0) is 11.2 Å². The fourth-order valence-corrected chi connectivity index (χ4v) is 2.66. The zero-order chi connectivity index (χ0) is 13.7. The Kier molecular flexibility index (Phi) is 4.97. The normalized spacial score (nSPS) is 19.3. The second-order valence-corrected chi connectivity index (χ2v) is 5.27. The van der Waals surface area contributed by atoms with Crippen molar-refractivity contribution in [3.8, 4) is 0 Å². The van der Waals surface area contributed by atoms with Gasteiger partial charge in [0.15, 0.2) is 0 Å². The van der Waals surface area contributed by atoms with Gasteiger partial charge in [-0.3, -0.25) is 4.79 Å². The van der Waals surface area contributed by atoms with E-state index in [0.717, 1.165) is 31.0 Å². The van der Waals surface area contributed by atoms with E-state index in [1.165, 1.54) is 17.7 Å². The third-order valence-electron chi connectivity index (χ3n) is 3.36. The number of halogens is 2. The van der Waals surface area contributed by atoms with Crippen LogP contribution in [0.5, 0.6) is 0 Å². The molecule has 0 aromatic heterocycles. The quantitative estimate of drug-likeness (QED) is 0.776. The molecule has 0 N–H and O–H groups in total. The number of amides is 1. The van der Waals surface area contributed by atoms with E-state index >= 15 is 0 Å². The minimum absolute atomic E-state index is 0.0914. The summed E-state index contributed by atoms with van der Waals surface area (Å²) < 4.78 is 12.0. The molecule has 2 rings (SSSR count). The van der Waals surface area contributed by atoms with E-state index < -0.39 is 6.67 Å². The van der Waals surface area contributed by atoms with Gasteiger partial charge >= 0.3 is 0 Å². The molecule has 1 atom stereocenters. The number of alkyl halides is 1. The summed E-state index contributed by atoms with van der Waals surface area (Å²) in [5, 5.41) is 0.745. The van der Waals surface area contributed by atoms with Crippen molar-refractivity contribution in [2.75, 3.05) is 19.8 Å². The lowest BCUT2D eigenvalue weighted by atomic mass is 9.99. The van der Waals surface area contributed by atoms with E-state index in [1.54, 1.807) is 4.90 Å². The number of rotatable bonds is 4. The van der Waals surface area contributed by atoms with Crippen molar-refractivity contribution in [2.24, 2.45) is 5.92 Å². The number of hydrogen-bond acceptors (Lipinski definition) is 1. The van der Waals surface area contributed by atoms with E-state index in [4.69, 9.17) is 11.6 Å². The van der Waals surface area contributed by atoms with Gasteiger partial charge in [0.05, 0.1) is 0 Å². The summed E-state index contributed by atoms with van der Waals surface area (Å²) in [7, 11) is 0. The van der Waals surface area contributed by atoms with Gasteiger partial charge in [-0.15, -0.1) is 0 Å². The summed E-state index contributed by atoms with van der Waals surface area (Å²) in [6.07, 6.45) is 4.49. The molecule has 1 amide bonds. The topological polar surface area (TPSA) is 20.3 Å². The molecule has 1 fully saturated rings. The molecule has 1 unspecified atom stereocenters. The standard InChI is InChI=1S/C15H17ClFNO/c16-14-4-1-3-12(10-14)9-13-6-8-18(11-13)15(19)5-2-7-17/h1-5,10,13H,6-9,11H2/b5-2+. The Labute approximate surface area is 117 Å². The molecule has 1 aliphatic heterocycles. The van der Waals surface area contributed by atoms with Crippen LogP contribution in [-0.4, -0.2) is 30.6 Å². The Hall–Kier alpha value is -1.35. The molecule has 2 nitrogen and oxygen atoms in total. The number of hydrogen-bond donors (Lipinski definition) is 0. The molecule has 4 heteroatoms. The summed E-state index contributed by atoms with van der Waals surface area (Å²) in [4.78, 5) is 13.5. The Morgan fingerprint density at radius 3 is 3.11 bits per heavy atom. The maximum Gasteiger partial charge on any atom is 0.246 e. The van der Waals surface area contributed by atoms with E-state index in [9.17, 15) is 9.18 Å². The molecular formula is C15H17ClFNO. The molecule has 0 bridgehead atoms. The highest BCUT2D eigenvalue weighted by Gasteiger charge is 2.24. The van der Waals surface area contributed by atoms with Crippen molar-refractivity contribution < 1.29 is 9.18 Å². The highest BCUT2D eigenvalue weighted by Crippen LogP contribution is 2.22. The first kappa shape index (κ1) is 14.1. The number of carbonyl (C=O) groups excluding carboxylic acids is 1. The van der Waals surface area contributed by atoms with Gasteiger partial charge in [-0.25, -0.2) is 4.39 Å². The SMILES string of the molecule is O=C(/C=C/CF)N1CCC(Cc2cccc(Cl)c2)C1. The summed E-state index contributed by atoms with van der Waals surface area (Å²) in [6.45, 7) is 0.897. The van der Waals surface area contributed by atoms with E-state index in [0.29, 0.717) is 5.92 Å². The minimum atomic E-state index is -0.592. The van der Waals surface area contributed by atoms with Crippen molar-refractivity contribution >= 4 is 17.5 Å². The van der Waals surface area contributed by atoms with Crippen LogP contribution in [0.15, 0.2) is 36.4 Å². The molecule has 1 saturated heterocycles. The number of benzene rings is 1. The van der Waals surface area contributed by atoms with Crippen LogP contribution >= 0.6 is 11.6 Å². The molecule has 1 heterocycles. The lowest BCUT2D eigenvalue weighted by Gasteiger charge is -2.14. The average molecular weight is 282 g/mol. The van der Waals surface area contributed by atoms with Gasteiger partial charge in [0.25, 0.3) is 0 Å². The van der Waals surface area contributed by atoms with Gasteiger partial charge in [0.1, 0.15) is 6.67 Å². The fraction of sp³-hybridized carbons (Fsp3) is 0.400. The molecular weight excluding hydrogens is 265 g/mol. The van der Waals surface area contributed by atoms with Crippen LogP contribution in [0.4, 0.5) is 4.39 Å². The lowest BCUT2D eigenvalue weighted by Crippen LogP contribution is -2.27. The molecule has 19 heavy (non-hydrogen) atoms. The average Bonchev–Trinajstić information content (AvgIpc) is 2.84. The summed E-state index contributed by atoms with van der Waals surface area (Å²) in [5.41, 5.74) is 1.20. The molecule has 0 radical (unpaired) electrons. The summed E-state index contributed by atoms with van der Waals surface area (Å²) >= 11 is 5.96. The molecule has 0 spiro atoms. The number of carbonyl (C=O) groups is 1. The summed E-state index contributed by atoms with van der Waals surface area (Å²) in [6, 6.07) is 7.82. The zero-order valence-corrected chi connectivity index (χ0v) is 11.4. The van der Waals surface area contributed by atoms with Crippen molar-refractivity contribution in [2.45, 2.75) is 12.8 Å². The van der Waals surface area contributed by atoms with Crippen molar-refractivity contribution in [3.05, 3.63) is 47.0 Å². The Morgan fingerprint density at radius 2 is 2.37 bits per heavy atom. The highest BCUT2D eigenvalue weighted by atomic mass is 35.5. The molecule has 102 valence electrons. The first-order valence-electron chi connectivity index (χ1n) is 6.45. The van der Waals surface area contributed by atoms with Gasteiger partial charge in [-0.1, -0.05) is 23.7 Å². The minimum Gasteiger partial charge on any atom is -0.339 e. The largest absolute Gasteiger partial charge is 0.339 e. The van der Waals surface area contributed by atoms with Gasteiger partial charge < -0.3 is 4.90 Å². The third-order valence-corrected chi connectivity index (χ3v) is 3.60. The first-order chi connectivity index (χ1) is 9.19. The fourth-order valence-electron chi connectivity index (χ4n) is 2.45. The second-order valence-electron chi connectivity index (χ2n) is 4.83. The molecule has 1 aliphatic rings. The molecule has 1 aromatic rings. The zero-order valence-electron chi connectivity index (χ0n) is 10.7.